The van der Waals surface area contributed by atoms with Gasteiger partial charge in [0.05, 0.1) is 24.1 Å². The lowest BCUT2D eigenvalue weighted by atomic mass is 10.1. The zero-order valence-electron chi connectivity index (χ0n) is 10.3. The molecular weight excluding hydrogens is 271 g/mol. The van der Waals surface area contributed by atoms with E-state index in [0.717, 1.165) is 0 Å². The second-order valence-corrected chi connectivity index (χ2v) is 5.02. The van der Waals surface area contributed by atoms with Crippen LogP contribution in [0.2, 0.25) is 10.0 Å². The van der Waals surface area contributed by atoms with Gasteiger partial charge in [-0.3, -0.25) is 9.69 Å². The summed E-state index contributed by atoms with van der Waals surface area (Å²) in [5.74, 6) is -0.102. The van der Waals surface area contributed by atoms with E-state index in [1.165, 1.54) is 0 Å². The summed E-state index contributed by atoms with van der Waals surface area (Å²) in [7, 11) is 1.80. The summed E-state index contributed by atoms with van der Waals surface area (Å²) in [5.41, 5.74) is 0.417. The van der Waals surface area contributed by atoms with Crippen molar-refractivity contribution in [2.75, 3.05) is 13.6 Å². The molecule has 1 atom stereocenters. The molecule has 3 nitrogen and oxygen atoms in total. The highest BCUT2D eigenvalue weighted by Crippen LogP contribution is 2.21. The smallest absolute Gasteiger partial charge is 0.178 e. The van der Waals surface area contributed by atoms with Crippen LogP contribution in [0.1, 0.15) is 23.7 Å². The largest absolute Gasteiger partial charge is 0.295 e. The molecular formula is C13H14Cl2N2O. The first kappa shape index (κ1) is 15.0. The molecule has 0 bridgehead atoms. The highest BCUT2D eigenvalue weighted by atomic mass is 35.5. The van der Waals surface area contributed by atoms with Crippen molar-refractivity contribution >= 4 is 29.0 Å². The number of nitrogens with zero attached hydrogens (tertiary/aromatic N) is 2. The molecule has 0 aliphatic heterocycles. The van der Waals surface area contributed by atoms with Crippen molar-refractivity contribution in [3.05, 3.63) is 33.8 Å². The molecule has 96 valence electrons. The van der Waals surface area contributed by atoms with Gasteiger partial charge in [-0.25, -0.2) is 0 Å². The Morgan fingerprint density at radius 1 is 1.50 bits per heavy atom. The molecule has 5 heteroatoms. The number of rotatable bonds is 5. The normalized spacial score (nSPS) is 12.2. The lowest BCUT2D eigenvalue weighted by molar-refractivity contribution is 0.0926. The third-order valence-electron chi connectivity index (χ3n) is 2.76. The highest BCUT2D eigenvalue weighted by Gasteiger charge is 2.16. The Labute approximate surface area is 117 Å². The topological polar surface area (TPSA) is 44.1 Å². The fourth-order valence-corrected chi connectivity index (χ4v) is 1.86. The first-order chi connectivity index (χ1) is 8.45. The van der Waals surface area contributed by atoms with Gasteiger partial charge in [0.2, 0.25) is 0 Å². The number of nitriles is 1. The lowest BCUT2D eigenvalue weighted by Crippen LogP contribution is -2.33. The SMILES string of the molecule is CC(CC#N)N(C)CC(=O)c1cc(Cl)ccc1Cl. The minimum Gasteiger partial charge on any atom is -0.295 e. The quantitative estimate of drug-likeness (QED) is 0.779. The molecule has 0 N–H and O–H groups in total. The molecule has 0 aliphatic rings. The van der Waals surface area contributed by atoms with Crippen molar-refractivity contribution < 1.29 is 4.79 Å². The molecule has 0 fully saturated rings. The molecule has 0 saturated heterocycles. The first-order valence-corrected chi connectivity index (χ1v) is 6.26. The molecule has 0 amide bonds. The number of carbonyl (C=O) groups is 1. The zero-order chi connectivity index (χ0) is 13.7. The minimum absolute atomic E-state index is 0.0249. The third kappa shape index (κ3) is 3.99. The summed E-state index contributed by atoms with van der Waals surface area (Å²) < 4.78 is 0. The van der Waals surface area contributed by atoms with E-state index in [4.69, 9.17) is 28.5 Å². The van der Waals surface area contributed by atoms with Crippen LogP contribution in [0.3, 0.4) is 0 Å². The maximum Gasteiger partial charge on any atom is 0.178 e. The van der Waals surface area contributed by atoms with Gasteiger partial charge in [-0.2, -0.15) is 5.26 Å². The van der Waals surface area contributed by atoms with Crippen LogP contribution < -0.4 is 0 Å². The predicted octanol–water partition coefficient (Wildman–Crippen LogP) is 3.41. The summed E-state index contributed by atoms with van der Waals surface area (Å²) in [6.07, 6.45) is 0.382. The van der Waals surface area contributed by atoms with Crippen LogP contribution in [-0.2, 0) is 0 Å². The molecule has 0 saturated carbocycles. The summed E-state index contributed by atoms with van der Waals surface area (Å²) in [5, 5.41) is 9.49. The van der Waals surface area contributed by atoms with E-state index in [1.54, 1.807) is 25.2 Å². The number of carbonyl (C=O) groups excluding carboxylic acids is 1. The minimum atomic E-state index is -0.102. The predicted molar refractivity (Wildman–Crippen MR) is 73.1 cm³/mol. The van der Waals surface area contributed by atoms with Crippen molar-refractivity contribution in [2.24, 2.45) is 0 Å². The van der Waals surface area contributed by atoms with Crippen molar-refractivity contribution in [2.45, 2.75) is 19.4 Å². The molecule has 0 aromatic heterocycles. The van der Waals surface area contributed by atoms with Crippen LogP contribution in [-0.4, -0.2) is 30.3 Å². The summed E-state index contributed by atoms with van der Waals surface area (Å²) in [6, 6.07) is 6.92. The van der Waals surface area contributed by atoms with E-state index in [2.05, 4.69) is 6.07 Å². The molecule has 18 heavy (non-hydrogen) atoms. The van der Waals surface area contributed by atoms with Gasteiger partial charge >= 0.3 is 0 Å². The van der Waals surface area contributed by atoms with E-state index in [9.17, 15) is 4.79 Å². The maximum atomic E-state index is 12.1. The third-order valence-corrected chi connectivity index (χ3v) is 3.33. The lowest BCUT2D eigenvalue weighted by Gasteiger charge is -2.21. The van der Waals surface area contributed by atoms with Crippen LogP contribution in [0.15, 0.2) is 18.2 Å². The average Bonchev–Trinajstić information content (AvgIpc) is 2.32. The van der Waals surface area contributed by atoms with Crippen molar-refractivity contribution in [1.29, 1.82) is 5.26 Å². The van der Waals surface area contributed by atoms with Crippen LogP contribution in [0.5, 0.6) is 0 Å². The van der Waals surface area contributed by atoms with Crippen LogP contribution >= 0.6 is 23.2 Å². The van der Waals surface area contributed by atoms with Gasteiger partial charge in [0.15, 0.2) is 5.78 Å². The number of Topliss-reactive ketones (excluding diaryl/α,β-unsaturated/α-hetero) is 1. The standard InChI is InChI=1S/C13H14Cl2N2O/c1-9(5-6-16)17(2)8-13(18)11-7-10(14)3-4-12(11)15/h3-4,7,9H,5,8H2,1-2H3. The molecule has 1 unspecified atom stereocenters. The summed E-state index contributed by atoms with van der Waals surface area (Å²) in [4.78, 5) is 13.9. The Morgan fingerprint density at radius 2 is 2.17 bits per heavy atom. The molecule has 1 rings (SSSR count). The number of benzene rings is 1. The van der Waals surface area contributed by atoms with Crippen LogP contribution in [0.4, 0.5) is 0 Å². The van der Waals surface area contributed by atoms with Crippen LogP contribution in [0, 0.1) is 11.3 Å². The van der Waals surface area contributed by atoms with Gasteiger partial charge in [-0.1, -0.05) is 23.2 Å². The molecule has 0 spiro atoms. The van der Waals surface area contributed by atoms with E-state index >= 15 is 0 Å². The van der Waals surface area contributed by atoms with Crippen molar-refractivity contribution in [1.82, 2.24) is 4.90 Å². The second-order valence-electron chi connectivity index (χ2n) is 4.17. The van der Waals surface area contributed by atoms with Crippen LogP contribution in [0.25, 0.3) is 0 Å². The second kappa shape index (κ2) is 6.75. The highest BCUT2D eigenvalue weighted by molar-refractivity contribution is 6.36. The first-order valence-electron chi connectivity index (χ1n) is 5.51. The zero-order valence-corrected chi connectivity index (χ0v) is 11.8. The monoisotopic (exact) mass is 284 g/mol. The van der Waals surface area contributed by atoms with Gasteiger partial charge in [-0.15, -0.1) is 0 Å². The Balaban J connectivity index is 2.77. The number of hydrogen-bond acceptors (Lipinski definition) is 3. The summed E-state index contributed by atoms with van der Waals surface area (Å²) in [6.45, 7) is 2.11. The molecule has 1 aromatic rings. The Kier molecular flexibility index (Phi) is 5.61. The number of hydrogen-bond donors (Lipinski definition) is 0. The summed E-state index contributed by atoms with van der Waals surface area (Å²) >= 11 is 11.8. The van der Waals surface area contributed by atoms with Crippen molar-refractivity contribution in [3.8, 4) is 6.07 Å². The van der Waals surface area contributed by atoms with Gasteiger partial charge in [0, 0.05) is 16.6 Å². The fraction of sp³-hybridized carbons (Fsp3) is 0.385. The average molecular weight is 285 g/mol. The van der Waals surface area contributed by atoms with Crippen molar-refractivity contribution in [3.63, 3.8) is 0 Å². The Hall–Kier alpha value is -1.08. The van der Waals surface area contributed by atoms with E-state index in [-0.39, 0.29) is 18.4 Å². The molecule has 1 aromatic carbocycles. The van der Waals surface area contributed by atoms with Gasteiger partial charge < -0.3 is 0 Å². The van der Waals surface area contributed by atoms with Gasteiger partial charge in [0.1, 0.15) is 0 Å². The number of halogens is 2. The number of ketones is 1. The molecule has 0 radical (unpaired) electrons. The van der Waals surface area contributed by atoms with Gasteiger partial charge in [-0.05, 0) is 32.2 Å². The molecule has 0 heterocycles. The van der Waals surface area contributed by atoms with E-state index < -0.39 is 0 Å². The van der Waals surface area contributed by atoms with Gasteiger partial charge in [0.25, 0.3) is 0 Å². The Bertz CT molecular complexity index is 482. The maximum absolute atomic E-state index is 12.1. The van der Waals surface area contributed by atoms with E-state index in [1.807, 2.05) is 11.8 Å². The fourth-order valence-electron chi connectivity index (χ4n) is 1.47. The van der Waals surface area contributed by atoms with E-state index in [0.29, 0.717) is 22.0 Å². The number of likely N-dealkylation sites (N-methyl/N-ethyl adjacent to an activating group) is 1. The Morgan fingerprint density at radius 3 is 2.78 bits per heavy atom. The molecule has 0 aliphatic carbocycles.